The number of thiocarbonyl (C=S) groups is 1. The molecule has 172 valence electrons. The molecule has 1 fully saturated rings. The number of carboxylic acids is 1. The minimum Gasteiger partial charge on any atom is -0.546 e. The van der Waals surface area contributed by atoms with E-state index >= 15 is 0 Å². The van der Waals surface area contributed by atoms with Gasteiger partial charge in [0.2, 0.25) is 0 Å². The van der Waals surface area contributed by atoms with Crippen molar-refractivity contribution in [2.75, 3.05) is 11.5 Å². The highest BCUT2D eigenvalue weighted by molar-refractivity contribution is 7.80. The number of para-hydroxylation sites is 1. The van der Waals surface area contributed by atoms with Crippen molar-refractivity contribution < 1.29 is 29.0 Å². The van der Waals surface area contributed by atoms with Crippen molar-refractivity contribution in [1.29, 1.82) is 0 Å². The predicted molar refractivity (Wildman–Crippen MR) is 125 cm³/mol. The van der Waals surface area contributed by atoms with E-state index in [9.17, 15) is 19.5 Å². The number of aryl methyl sites for hydroxylation is 1. The summed E-state index contributed by atoms with van der Waals surface area (Å²) >= 11 is 5.28. The lowest BCUT2D eigenvalue weighted by atomic mass is 10.0. The Labute approximate surface area is 196 Å². The van der Waals surface area contributed by atoms with Crippen LogP contribution in [0.3, 0.4) is 0 Å². The second kappa shape index (κ2) is 10.3. The first kappa shape index (κ1) is 23.9. The van der Waals surface area contributed by atoms with E-state index in [1.165, 1.54) is 24.0 Å². The molecule has 0 radical (unpaired) electrons. The van der Waals surface area contributed by atoms with Crippen molar-refractivity contribution in [3.05, 3.63) is 59.2 Å². The van der Waals surface area contributed by atoms with Crippen molar-refractivity contribution in [3.63, 3.8) is 0 Å². The van der Waals surface area contributed by atoms with Crippen LogP contribution in [0.15, 0.2) is 48.0 Å². The van der Waals surface area contributed by atoms with Gasteiger partial charge in [-0.2, -0.15) is 0 Å². The molecule has 0 aromatic heterocycles. The number of carbonyl (C=O) groups is 3. The number of carboxylic acid groups (broad SMARTS) is 1. The molecule has 3 rings (SSSR count). The minimum absolute atomic E-state index is 0.0121. The van der Waals surface area contributed by atoms with Gasteiger partial charge in [0, 0.05) is 0 Å². The molecule has 8 nitrogen and oxygen atoms in total. The Bertz CT molecular complexity index is 1140. The Hall–Kier alpha value is -3.72. The first-order valence-corrected chi connectivity index (χ1v) is 10.8. The lowest BCUT2D eigenvalue weighted by molar-refractivity contribution is -0.312. The van der Waals surface area contributed by atoms with E-state index in [0.29, 0.717) is 24.3 Å². The summed E-state index contributed by atoms with van der Waals surface area (Å²) in [7, 11) is 0. The standard InChI is InChI=1S/C24H24N2O6S/c1-4-16-8-6-7-9-18(16)26-22(28)17(21(27)25-24(26)33)12-15-10-11-19(20(13-15)31-5-2)32-14(3)23(29)30/h6-14H,4-5H2,1-3H3,(H,29,30)(H,25,27,33)/p-1/b17-12-/t14-/m1/s1. The molecule has 0 spiro atoms. The molecule has 0 aliphatic carbocycles. The normalized spacial score (nSPS) is 15.9. The summed E-state index contributed by atoms with van der Waals surface area (Å²) in [5, 5.41) is 13.6. The first-order valence-electron chi connectivity index (χ1n) is 10.4. The monoisotopic (exact) mass is 467 g/mol. The highest BCUT2D eigenvalue weighted by Gasteiger charge is 2.35. The maximum absolute atomic E-state index is 13.3. The van der Waals surface area contributed by atoms with Gasteiger partial charge in [-0.3, -0.25) is 19.8 Å². The van der Waals surface area contributed by atoms with Gasteiger partial charge >= 0.3 is 0 Å². The highest BCUT2D eigenvalue weighted by atomic mass is 32.1. The van der Waals surface area contributed by atoms with Crippen LogP contribution >= 0.6 is 12.2 Å². The molecule has 0 unspecified atom stereocenters. The average molecular weight is 468 g/mol. The summed E-state index contributed by atoms with van der Waals surface area (Å²) in [4.78, 5) is 38.2. The Morgan fingerprint density at radius 3 is 2.58 bits per heavy atom. The van der Waals surface area contributed by atoms with E-state index in [4.69, 9.17) is 21.7 Å². The highest BCUT2D eigenvalue weighted by Crippen LogP contribution is 2.31. The molecule has 1 heterocycles. The molecule has 33 heavy (non-hydrogen) atoms. The number of hydrogen-bond donors (Lipinski definition) is 1. The molecule has 1 atom stereocenters. The molecule has 0 saturated carbocycles. The third-order valence-electron chi connectivity index (χ3n) is 4.93. The zero-order valence-electron chi connectivity index (χ0n) is 18.4. The second-order valence-electron chi connectivity index (χ2n) is 7.16. The molecule has 1 saturated heterocycles. The second-order valence-corrected chi connectivity index (χ2v) is 7.55. The van der Waals surface area contributed by atoms with E-state index in [1.54, 1.807) is 31.2 Å². The van der Waals surface area contributed by atoms with Gasteiger partial charge in [0.05, 0.1) is 18.3 Å². The number of aliphatic carboxylic acids is 1. The molecule has 9 heteroatoms. The van der Waals surface area contributed by atoms with E-state index in [2.05, 4.69) is 5.32 Å². The summed E-state index contributed by atoms with van der Waals surface area (Å²) in [5.74, 6) is -2.05. The third-order valence-corrected chi connectivity index (χ3v) is 5.21. The van der Waals surface area contributed by atoms with Crippen LogP contribution in [-0.4, -0.2) is 35.6 Å². The molecular formula is C24H23N2O6S-. The average Bonchev–Trinajstić information content (AvgIpc) is 2.78. The number of anilines is 1. The molecule has 2 aromatic rings. The molecule has 0 bridgehead atoms. The summed E-state index contributed by atoms with van der Waals surface area (Å²) in [6, 6.07) is 12.0. The number of hydrogen-bond acceptors (Lipinski definition) is 7. The van der Waals surface area contributed by atoms with Gasteiger partial charge in [-0.25, -0.2) is 0 Å². The lowest BCUT2D eigenvalue weighted by Gasteiger charge is -2.30. The molecule has 2 amide bonds. The third kappa shape index (κ3) is 5.20. The Morgan fingerprint density at radius 2 is 1.91 bits per heavy atom. The van der Waals surface area contributed by atoms with Crippen molar-refractivity contribution in [3.8, 4) is 11.5 Å². The zero-order chi connectivity index (χ0) is 24.1. The Kier molecular flexibility index (Phi) is 7.44. The van der Waals surface area contributed by atoms with E-state index in [1.807, 2.05) is 19.1 Å². The molecule has 1 N–H and O–H groups in total. The lowest BCUT2D eigenvalue weighted by Crippen LogP contribution is -2.54. The number of rotatable bonds is 8. The number of ether oxygens (including phenoxy) is 2. The van der Waals surface area contributed by atoms with Crippen LogP contribution in [0.1, 0.15) is 31.9 Å². The summed E-state index contributed by atoms with van der Waals surface area (Å²) < 4.78 is 10.9. The van der Waals surface area contributed by atoms with Crippen molar-refractivity contribution in [2.24, 2.45) is 0 Å². The maximum atomic E-state index is 13.3. The van der Waals surface area contributed by atoms with Gasteiger partial charge in [-0.05, 0) is 67.9 Å². The smallest absolute Gasteiger partial charge is 0.270 e. The number of benzene rings is 2. The SMILES string of the molecule is CCOc1cc(/C=C2/C(=O)NC(=S)N(c3ccccc3CC)C2=O)ccc1O[C@H](C)C(=O)[O-]. The van der Waals surface area contributed by atoms with Gasteiger partial charge in [-0.1, -0.05) is 31.2 Å². The van der Waals surface area contributed by atoms with Gasteiger partial charge in [-0.15, -0.1) is 0 Å². The number of nitrogens with one attached hydrogen (secondary N) is 1. The van der Waals surface area contributed by atoms with Crippen molar-refractivity contribution in [1.82, 2.24) is 5.32 Å². The van der Waals surface area contributed by atoms with E-state index in [-0.39, 0.29) is 22.2 Å². The van der Waals surface area contributed by atoms with Gasteiger partial charge in [0.1, 0.15) is 11.7 Å². The summed E-state index contributed by atoms with van der Waals surface area (Å²) in [5.41, 5.74) is 1.90. The number of amides is 2. The fraction of sp³-hybridized carbons (Fsp3) is 0.250. The van der Waals surface area contributed by atoms with E-state index in [0.717, 1.165) is 5.56 Å². The fourth-order valence-corrected chi connectivity index (χ4v) is 3.56. The Balaban J connectivity index is 1.99. The van der Waals surface area contributed by atoms with Crippen LogP contribution < -0.4 is 24.8 Å². The van der Waals surface area contributed by atoms with Gasteiger partial charge in [0.25, 0.3) is 11.8 Å². The largest absolute Gasteiger partial charge is 0.546 e. The van der Waals surface area contributed by atoms with Gasteiger partial charge < -0.3 is 19.4 Å². The fourth-order valence-electron chi connectivity index (χ4n) is 3.29. The van der Waals surface area contributed by atoms with Crippen LogP contribution in [0.2, 0.25) is 0 Å². The minimum atomic E-state index is -1.36. The Morgan fingerprint density at radius 1 is 1.18 bits per heavy atom. The summed E-state index contributed by atoms with van der Waals surface area (Å²) in [6.07, 6.45) is 0.918. The number of carbonyl (C=O) groups excluding carboxylic acids is 3. The van der Waals surface area contributed by atoms with Crippen LogP contribution in [-0.2, 0) is 20.8 Å². The first-order chi connectivity index (χ1) is 15.8. The topological polar surface area (TPSA) is 108 Å². The molecular weight excluding hydrogens is 444 g/mol. The van der Waals surface area contributed by atoms with Crippen molar-refractivity contribution in [2.45, 2.75) is 33.3 Å². The number of nitrogens with zero attached hydrogens (tertiary/aromatic N) is 1. The molecule has 2 aromatic carbocycles. The zero-order valence-corrected chi connectivity index (χ0v) is 19.2. The molecule has 1 aliphatic heterocycles. The molecule has 1 aliphatic rings. The van der Waals surface area contributed by atoms with Gasteiger partial charge in [0.15, 0.2) is 16.6 Å². The van der Waals surface area contributed by atoms with Crippen LogP contribution in [0.4, 0.5) is 5.69 Å². The van der Waals surface area contributed by atoms with Crippen molar-refractivity contribution >= 4 is 46.9 Å². The van der Waals surface area contributed by atoms with Crippen LogP contribution in [0.25, 0.3) is 6.08 Å². The maximum Gasteiger partial charge on any atom is 0.270 e. The van der Waals surface area contributed by atoms with Crippen LogP contribution in [0, 0.1) is 0 Å². The summed E-state index contributed by atoms with van der Waals surface area (Å²) in [6.45, 7) is 5.37. The predicted octanol–water partition coefficient (Wildman–Crippen LogP) is 2.00. The van der Waals surface area contributed by atoms with Crippen LogP contribution in [0.5, 0.6) is 11.5 Å². The quantitative estimate of drug-likeness (QED) is 0.359. The van der Waals surface area contributed by atoms with E-state index < -0.39 is 23.9 Å².